The predicted octanol–water partition coefficient (Wildman–Crippen LogP) is 4.77. The molecule has 0 fully saturated rings. The van der Waals surface area contributed by atoms with Crippen LogP contribution in [0.5, 0.6) is 0 Å². The number of hydrogen-bond acceptors (Lipinski definition) is 1. The number of carboxylic acids is 1. The lowest BCUT2D eigenvalue weighted by molar-refractivity contribution is 0.0696. The summed E-state index contributed by atoms with van der Waals surface area (Å²) in [7, 11) is 0. The molecule has 3 aromatic rings. The average Bonchev–Trinajstić information content (AvgIpc) is 2.55. The Bertz CT molecular complexity index is 845. The van der Waals surface area contributed by atoms with Gasteiger partial charge in [0.25, 0.3) is 0 Å². The number of carbonyl (C=O) groups is 1. The molecule has 0 heterocycles. The Morgan fingerprint density at radius 3 is 2.41 bits per heavy atom. The van der Waals surface area contributed by atoms with E-state index in [0.29, 0.717) is 12.0 Å². The van der Waals surface area contributed by atoms with Crippen LogP contribution in [0.3, 0.4) is 0 Å². The summed E-state index contributed by atoms with van der Waals surface area (Å²) in [6.07, 6.45) is 2.39. The monoisotopic (exact) mass is 288 g/mol. The zero-order valence-electron chi connectivity index (χ0n) is 12.1. The van der Waals surface area contributed by atoms with Crippen LogP contribution in [0.25, 0.3) is 16.8 Å². The molecule has 2 nitrogen and oxygen atoms in total. The average molecular weight is 288 g/mol. The molecule has 0 saturated carbocycles. The standard InChI is InChI=1S/C20H16O2/c1-2-14-7-9-15(10-8-14)13-19-17-6-4-3-5-16(17)11-12-18(19)20(21)22/h2-12H,1,13H2,(H,21,22). The van der Waals surface area contributed by atoms with E-state index in [-0.39, 0.29) is 0 Å². The number of carboxylic acid groups (broad SMARTS) is 1. The minimum absolute atomic E-state index is 0.367. The normalized spacial score (nSPS) is 10.5. The summed E-state index contributed by atoms with van der Waals surface area (Å²) < 4.78 is 0. The molecule has 1 N–H and O–H groups in total. The van der Waals surface area contributed by atoms with Gasteiger partial charge in [0, 0.05) is 0 Å². The van der Waals surface area contributed by atoms with Crippen LogP contribution in [0.15, 0.2) is 67.2 Å². The fourth-order valence-electron chi connectivity index (χ4n) is 2.70. The lowest BCUT2D eigenvalue weighted by Gasteiger charge is -2.11. The third kappa shape index (κ3) is 2.63. The lowest BCUT2D eigenvalue weighted by Crippen LogP contribution is -2.04. The Hall–Kier alpha value is -2.87. The summed E-state index contributed by atoms with van der Waals surface area (Å²) >= 11 is 0. The van der Waals surface area contributed by atoms with Crippen molar-refractivity contribution in [2.24, 2.45) is 0 Å². The van der Waals surface area contributed by atoms with Crippen LogP contribution >= 0.6 is 0 Å². The molecule has 0 unspecified atom stereocenters. The van der Waals surface area contributed by atoms with E-state index in [4.69, 9.17) is 0 Å². The minimum atomic E-state index is -0.886. The van der Waals surface area contributed by atoms with Gasteiger partial charge in [0.1, 0.15) is 0 Å². The van der Waals surface area contributed by atoms with E-state index in [2.05, 4.69) is 6.58 Å². The number of fused-ring (bicyclic) bond motifs is 1. The maximum absolute atomic E-state index is 11.5. The Morgan fingerprint density at radius 2 is 1.73 bits per heavy atom. The molecule has 0 atom stereocenters. The van der Waals surface area contributed by atoms with Crippen LogP contribution in [-0.4, -0.2) is 11.1 Å². The first-order valence-electron chi connectivity index (χ1n) is 7.14. The Kier molecular flexibility index (Phi) is 3.75. The quantitative estimate of drug-likeness (QED) is 0.750. The van der Waals surface area contributed by atoms with E-state index in [0.717, 1.165) is 27.5 Å². The van der Waals surface area contributed by atoms with Crippen molar-refractivity contribution >= 4 is 22.8 Å². The van der Waals surface area contributed by atoms with E-state index >= 15 is 0 Å². The highest BCUT2D eigenvalue weighted by Crippen LogP contribution is 2.25. The molecule has 0 bridgehead atoms. The molecule has 22 heavy (non-hydrogen) atoms. The molecule has 0 aliphatic rings. The van der Waals surface area contributed by atoms with Gasteiger partial charge < -0.3 is 5.11 Å². The van der Waals surface area contributed by atoms with E-state index in [9.17, 15) is 9.90 Å². The van der Waals surface area contributed by atoms with Gasteiger partial charge in [0.15, 0.2) is 0 Å². The van der Waals surface area contributed by atoms with E-state index in [1.54, 1.807) is 12.1 Å². The third-order valence-corrected chi connectivity index (χ3v) is 3.87. The second-order valence-corrected chi connectivity index (χ2v) is 5.24. The summed E-state index contributed by atoms with van der Waals surface area (Å²) in [5.41, 5.74) is 3.37. The van der Waals surface area contributed by atoms with Gasteiger partial charge in [-0.15, -0.1) is 0 Å². The van der Waals surface area contributed by atoms with Crippen molar-refractivity contribution in [3.8, 4) is 0 Å². The van der Waals surface area contributed by atoms with Gasteiger partial charge in [-0.2, -0.15) is 0 Å². The van der Waals surface area contributed by atoms with Crippen LogP contribution in [0.1, 0.15) is 27.0 Å². The van der Waals surface area contributed by atoms with Crippen molar-refractivity contribution in [1.29, 1.82) is 0 Å². The van der Waals surface area contributed by atoms with Crippen LogP contribution in [0, 0.1) is 0 Å². The molecular formula is C20H16O2. The maximum atomic E-state index is 11.5. The predicted molar refractivity (Wildman–Crippen MR) is 90.2 cm³/mol. The fraction of sp³-hybridized carbons (Fsp3) is 0.0500. The molecule has 0 saturated heterocycles. The number of rotatable bonds is 4. The maximum Gasteiger partial charge on any atom is 0.335 e. The molecule has 108 valence electrons. The van der Waals surface area contributed by atoms with E-state index in [1.165, 1.54) is 0 Å². The highest BCUT2D eigenvalue weighted by molar-refractivity contribution is 5.98. The smallest absolute Gasteiger partial charge is 0.335 e. The molecule has 0 aromatic heterocycles. The van der Waals surface area contributed by atoms with Crippen LogP contribution < -0.4 is 0 Å². The zero-order chi connectivity index (χ0) is 15.5. The number of hydrogen-bond donors (Lipinski definition) is 1. The second-order valence-electron chi connectivity index (χ2n) is 5.24. The highest BCUT2D eigenvalue weighted by Gasteiger charge is 2.13. The van der Waals surface area contributed by atoms with Crippen LogP contribution in [0.4, 0.5) is 0 Å². The van der Waals surface area contributed by atoms with Gasteiger partial charge in [0.2, 0.25) is 0 Å². The first kappa shape index (κ1) is 14.1. The molecule has 0 aliphatic heterocycles. The summed E-state index contributed by atoms with van der Waals surface area (Å²) in [6.45, 7) is 3.75. The van der Waals surface area contributed by atoms with E-state index < -0.39 is 5.97 Å². The van der Waals surface area contributed by atoms with Gasteiger partial charge in [-0.05, 0) is 39.9 Å². The molecular weight excluding hydrogens is 272 g/mol. The first-order chi connectivity index (χ1) is 10.7. The molecule has 3 aromatic carbocycles. The molecule has 0 spiro atoms. The van der Waals surface area contributed by atoms with Crippen LogP contribution in [0.2, 0.25) is 0 Å². The third-order valence-electron chi connectivity index (χ3n) is 3.87. The lowest BCUT2D eigenvalue weighted by atomic mass is 9.93. The van der Waals surface area contributed by atoms with Crippen molar-refractivity contribution < 1.29 is 9.90 Å². The molecule has 0 radical (unpaired) electrons. The zero-order valence-corrected chi connectivity index (χ0v) is 12.1. The second kappa shape index (κ2) is 5.86. The Labute approximate surface area is 129 Å². The largest absolute Gasteiger partial charge is 0.478 e. The number of benzene rings is 3. The van der Waals surface area contributed by atoms with Crippen molar-refractivity contribution in [2.45, 2.75) is 6.42 Å². The topological polar surface area (TPSA) is 37.3 Å². The van der Waals surface area contributed by atoms with E-state index in [1.807, 2.05) is 54.6 Å². The van der Waals surface area contributed by atoms with Crippen molar-refractivity contribution in [2.75, 3.05) is 0 Å². The van der Waals surface area contributed by atoms with Crippen molar-refractivity contribution in [3.63, 3.8) is 0 Å². The summed E-state index contributed by atoms with van der Waals surface area (Å²) in [5, 5.41) is 11.5. The van der Waals surface area contributed by atoms with Crippen molar-refractivity contribution in [1.82, 2.24) is 0 Å². The molecule has 2 heteroatoms. The first-order valence-corrected chi connectivity index (χ1v) is 7.14. The van der Waals surface area contributed by atoms with Gasteiger partial charge >= 0.3 is 5.97 Å². The Morgan fingerprint density at radius 1 is 1.00 bits per heavy atom. The van der Waals surface area contributed by atoms with Gasteiger partial charge in [-0.25, -0.2) is 4.79 Å². The minimum Gasteiger partial charge on any atom is -0.478 e. The summed E-state index contributed by atoms with van der Waals surface area (Å²) in [4.78, 5) is 11.5. The number of aromatic carboxylic acids is 1. The van der Waals surface area contributed by atoms with Crippen LogP contribution in [-0.2, 0) is 6.42 Å². The summed E-state index contributed by atoms with van der Waals surface area (Å²) in [5.74, 6) is -0.886. The van der Waals surface area contributed by atoms with Crippen molar-refractivity contribution in [3.05, 3.63) is 89.5 Å². The molecule has 0 aliphatic carbocycles. The van der Waals surface area contributed by atoms with Gasteiger partial charge in [-0.3, -0.25) is 0 Å². The Balaban J connectivity index is 2.12. The van der Waals surface area contributed by atoms with Gasteiger partial charge in [0.05, 0.1) is 5.56 Å². The van der Waals surface area contributed by atoms with Gasteiger partial charge in [-0.1, -0.05) is 67.3 Å². The molecule has 0 amide bonds. The SMILES string of the molecule is C=Cc1ccc(Cc2c(C(=O)O)ccc3ccccc23)cc1. The fourth-order valence-corrected chi connectivity index (χ4v) is 2.70. The summed E-state index contributed by atoms with van der Waals surface area (Å²) in [6, 6.07) is 19.5. The highest BCUT2D eigenvalue weighted by atomic mass is 16.4. The molecule has 3 rings (SSSR count).